The molecule has 0 bridgehead atoms. The van der Waals surface area contributed by atoms with E-state index in [-0.39, 0.29) is 11.8 Å². The zero-order chi connectivity index (χ0) is 16.5. The van der Waals surface area contributed by atoms with Gasteiger partial charge in [-0.25, -0.2) is 5.43 Å². The van der Waals surface area contributed by atoms with Crippen LogP contribution in [0.2, 0.25) is 0 Å². The number of benzene rings is 2. The second-order valence-electron chi connectivity index (χ2n) is 4.65. The molecule has 0 spiro atoms. The van der Waals surface area contributed by atoms with Gasteiger partial charge in [-0.05, 0) is 35.9 Å². The lowest BCUT2D eigenvalue weighted by atomic mass is 10.1. The predicted molar refractivity (Wildman–Crippen MR) is 91.3 cm³/mol. The van der Waals surface area contributed by atoms with Gasteiger partial charge in [0.05, 0.1) is 0 Å². The number of hydrogen-bond acceptors (Lipinski definition) is 3. The Bertz CT molecular complexity index is 720. The summed E-state index contributed by atoms with van der Waals surface area (Å²) in [4.78, 5) is 23.3. The Hall–Kier alpha value is -3.21. The molecule has 0 radical (unpaired) electrons. The first-order valence-corrected chi connectivity index (χ1v) is 7.08. The van der Waals surface area contributed by atoms with E-state index in [0.29, 0.717) is 11.1 Å². The molecule has 2 aromatic carbocycles. The minimum Gasteiger partial charge on any atom is -0.355 e. The summed E-state index contributed by atoms with van der Waals surface area (Å²) in [5, 5.41) is 6.37. The second-order valence-corrected chi connectivity index (χ2v) is 4.65. The summed E-state index contributed by atoms with van der Waals surface area (Å²) >= 11 is 0. The molecule has 116 valence electrons. The van der Waals surface area contributed by atoms with Gasteiger partial charge in [-0.15, -0.1) is 0 Å². The van der Waals surface area contributed by atoms with E-state index < -0.39 is 0 Å². The number of hydrazone groups is 1. The Balaban J connectivity index is 1.88. The highest BCUT2D eigenvalue weighted by Crippen LogP contribution is 2.04. The van der Waals surface area contributed by atoms with Gasteiger partial charge in [0.25, 0.3) is 11.8 Å². The summed E-state index contributed by atoms with van der Waals surface area (Å²) in [5.41, 5.74) is 4.41. The Morgan fingerprint density at radius 2 is 1.52 bits per heavy atom. The van der Waals surface area contributed by atoms with Gasteiger partial charge in [0.2, 0.25) is 0 Å². The molecule has 23 heavy (non-hydrogen) atoms. The van der Waals surface area contributed by atoms with Gasteiger partial charge in [-0.3, -0.25) is 9.59 Å². The minimum atomic E-state index is -0.335. The average molecular weight is 307 g/mol. The molecule has 2 rings (SSSR count). The van der Waals surface area contributed by atoms with E-state index in [0.717, 1.165) is 5.56 Å². The van der Waals surface area contributed by atoms with Gasteiger partial charge in [0.15, 0.2) is 0 Å². The fourth-order valence-corrected chi connectivity index (χ4v) is 1.84. The number of nitrogens with zero attached hydrogens (tertiary/aromatic N) is 1. The summed E-state index contributed by atoms with van der Waals surface area (Å²) in [5.74, 6) is -0.529. The van der Waals surface area contributed by atoms with Gasteiger partial charge < -0.3 is 5.32 Å². The van der Waals surface area contributed by atoms with Crippen molar-refractivity contribution in [3.63, 3.8) is 0 Å². The largest absolute Gasteiger partial charge is 0.355 e. The van der Waals surface area contributed by atoms with E-state index in [1.807, 2.05) is 36.4 Å². The van der Waals surface area contributed by atoms with Crippen LogP contribution in [-0.2, 0) is 0 Å². The Kier molecular flexibility index (Phi) is 5.82. The molecule has 5 heteroatoms. The maximum absolute atomic E-state index is 11.9. The molecular formula is C18H17N3O2. The van der Waals surface area contributed by atoms with Crippen LogP contribution < -0.4 is 10.7 Å². The van der Waals surface area contributed by atoms with Crippen LogP contribution in [-0.4, -0.2) is 25.1 Å². The van der Waals surface area contributed by atoms with Crippen LogP contribution in [0.3, 0.4) is 0 Å². The average Bonchev–Trinajstić information content (AvgIpc) is 2.61. The van der Waals surface area contributed by atoms with E-state index >= 15 is 0 Å². The highest BCUT2D eigenvalue weighted by molar-refractivity contribution is 5.97. The monoisotopic (exact) mass is 307 g/mol. The topological polar surface area (TPSA) is 70.6 Å². The third kappa shape index (κ3) is 4.93. The molecule has 0 saturated carbocycles. The minimum absolute atomic E-state index is 0.193. The maximum atomic E-state index is 11.9. The maximum Gasteiger partial charge on any atom is 0.271 e. The van der Waals surface area contributed by atoms with E-state index in [2.05, 4.69) is 15.8 Å². The number of carbonyl (C=O) groups excluding carboxylic acids is 2. The number of amides is 2. The molecule has 0 saturated heterocycles. The van der Waals surface area contributed by atoms with Crippen LogP contribution in [0.25, 0.3) is 6.08 Å². The van der Waals surface area contributed by atoms with Crippen molar-refractivity contribution in [2.75, 3.05) is 7.05 Å². The van der Waals surface area contributed by atoms with Crippen molar-refractivity contribution in [3.8, 4) is 0 Å². The third-order valence-electron chi connectivity index (χ3n) is 3.05. The first-order valence-electron chi connectivity index (χ1n) is 7.08. The summed E-state index contributed by atoms with van der Waals surface area (Å²) in [6.45, 7) is 0. The summed E-state index contributed by atoms with van der Waals surface area (Å²) < 4.78 is 0. The second kappa shape index (κ2) is 8.29. The fourth-order valence-electron chi connectivity index (χ4n) is 1.84. The molecule has 0 aliphatic rings. The lowest BCUT2D eigenvalue weighted by molar-refractivity contribution is 0.0946. The van der Waals surface area contributed by atoms with E-state index in [4.69, 9.17) is 0 Å². The van der Waals surface area contributed by atoms with E-state index in [1.165, 1.54) is 6.21 Å². The van der Waals surface area contributed by atoms with Crippen LogP contribution in [0, 0.1) is 0 Å². The van der Waals surface area contributed by atoms with Crippen molar-refractivity contribution < 1.29 is 9.59 Å². The van der Waals surface area contributed by atoms with Gasteiger partial charge in [0, 0.05) is 24.4 Å². The molecule has 0 aliphatic carbocycles. The summed E-state index contributed by atoms with van der Waals surface area (Å²) in [7, 11) is 1.56. The van der Waals surface area contributed by atoms with Crippen molar-refractivity contribution in [2.24, 2.45) is 5.10 Å². The molecule has 0 fully saturated rings. The van der Waals surface area contributed by atoms with Crippen molar-refractivity contribution in [1.82, 2.24) is 10.7 Å². The van der Waals surface area contributed by atoms with Gasteiger partial charge >= 0.3 is 0 Å². The van der Waals surface area contributed by atoms with Crippen LogP contribution in [0.5, 0.6) is 0 Å². The molecule has 2 N–H and O–H groups in total. The first-order chi connectivity index (χ1) is 11.2. The van der Waals surface area contributed by atoms with Gasteiger partial charge in [0.1, 0.15) is 0 Å². The Morgan fingerprint density at radius 1 is 0.913 bits per heavy atom. The molecule has 0 unspecified atom stereocenters. The van der Waals surface area contributed by atoms with Gasteiger partial charge in [-0.2, -0.15) is 5.10 Å². The van der Waals surface area contributed by atoms with Gasteiger partial charge in [-0.1, -0.05) is 36.4 Å². The first kappa shape index (κ1) is 16.2. The van der Waals surface area contributed by atoms with Crippen molar-refractivity contribution in [3.05, 3.63) is 77.4 Å². The van der Waals surface area contributed by atoms with Crippen molar-refractivity contribution >= 4 is 24.1 Å². The fraction of sp³-hybridized carbons (Fsp3) is 0.0556. The van der Waals surface area contributed by atoms with Crippen molar-refractivity contribution in [2.45, 2.75) is 0 Å². The molecule has 0 atom stereocenters. The number of hydrogen-bond donors (Lipinski definition) is 2. The quantitative estimate of drug-likeness (QED) is 0.658. The normalized spacial score (nSPS) is 10.8. The number of rotatable bonds is 5. The Labute approximate surface area is 134 Å². The zero-order valence-corrected chi connectivity index (χ0v) is 12.7. The molecule has 0 aliphatic heterocycles. The van der Waals surface area contributed by atoms with Crippen molar-refractivity contribution in [1.29, 1.82) is 0 Å². The number of nitrogens with one attached hydrogen (secondary N) is 2. The lowest BCUT2D eigenvalue weighted by Crippen LogP contribution is -2.19. The van der Waals surface area contributed by atoms with E-state index in [1.54, 1.807) is 37.4 Å². The summed E-state index contributed by atoms with van der Waals surface area (Å²) in [6, 6.07) is 16.1. The third-order valence-corrected chi connectivity index (χ3v) is 3.05. The highest BCUT2D eigenvalue weighted by Gasteiger charge is 2.06. The SMILES string of the molecule is CNC(=O)c1ccc(C(=O)N/N=C/C=C/c2ccccc2)cc1. The van der Waals surface area contributed by atoms with Crippen LogP contribution in [0.4, 0.5) is 0 Å². The highest BCUT2D eigenvalue weighted by atomic mass is 16.2. The number of allylic oxidation sites excluding steroid dienone is 1. The number of carbonyl (C=O) groups is 2. The smallest absolute Gasteiger partial charge is 0.271 e. The van der Waals surface area contributed by atoms with E-state index in [9.17, 15) is 9.59 Å². The molecule has 2 amide bonds. The molecule has 2 aromatic rings. The molecule has 0 aromatic heterocycles. The molecule has 5 nitrogen and oxygen atoms in total. The lowest BCUT2D eigenvalue weighted by Gasteiger charge is -2.02. The van der Waals surface area contributed by atoms with Crippen LogP contribution in [0.1, 0.15) is 26.3 Å². The molecule has 0 heterocycles. The standard InChI is InChI=1S/C18H17N3O2/c1-19-17(22)15-9-11-16(12-10-15)18(23)21-20-13-5-8-14-6-3-2-4-7-14/h2-13H,1H3,(H,19,22)(H,21,23)/b8-5+,20-13+. The van der Waals surface area contributed by atoms with Crippen LogP contribution in [0.15, 0.2) is 65.8 Å². The molecular weight excluding hydrogens is 290 g/mol. The predicted octanol–water partition coefficient (Wildman–Crippen LogP) is 2.48. The summed E-state index contributed by atoms with van der Waals surface area (Å²) in [6.07, 6.45) is 5.13. The Morgan fingerprint density at radius 3 is 2.13 bits per heavy atom. The zero-order valence-electron chi connectivity index (χ0n) is 12.7. The van der Waals surface area contributed by atoms with Crippen LogP contribution >= 0.6 is 0 Å².